The van der Waals surface area contributed by atoms with Crippen molar-refractivity contribution in [2.75, 3.05) is 45.9 Å². The van der Waals surface area contributed by atoms with Crippen LogP contribution >= 0.6 is 0 Å². The zero-order chi connectivity index (χ0) is 19.1. The van der Waals surface area contributed by atoms with E-state index < -0.39 is 0 Å². The van der Waals surface area contributed by atoms with E-state index in [9.17, 15) is 9.59 Å². The zero-order valence-corrected chi connectivity index (χ0v) is 16.3. The Morgan fingerprint density at radius 3 is 2.70 bits per heavy atom. The highest BCUT2D eigenvalue weighted by molar-refractivity contribution is 5.99. The Morgan fingerprint density at radius 2 is 1.93 bits per heavy atom. The van der Waals surface area contributed by atoms with Gasteiger partial charge in [0, 0.05) is 49.9 Å². The maximum atomic E-state index is 12.9. The van der Waals surface area contributed by atoms with Gasteiger partial charge in [0.2, 0.25) is 0 Å². The number of nitrogens with zero attached hydrogens (tertiary/aromatic N) is 2. The smallest absolute Gasteiger partial charge is 0.254 e. The molecule has 0 radical (unpaired) electrons. The SMILES string of the molecule is CCC1CCCCN1C(=O)c1cccc(C(=O)NCCN2CCOCC2)c1. The van der Waals surface area contributed by atoms with Crippen molar-refractivity contribution < 1.29 is 14.3 Å². The van der Waals surface area contributed by atoms with Gasteiger partial charge in [0.1, 0.15) is 0 Å². The van der Waals surface area contributed by atoms with Crippen molar-refractivity contribution in [3.63, 3.8) is 0 Å². The van der Waals surface area contributed by atoms with Crippen LogP contribution < -0.4 is 5.32 Å². The number of nitrogens with one attached hydrogen (secondary N) is 1. The molecule has 1 aromatic rings. The van der Waals surface area contributed by atoms with Crippen molar-refractivity contribution >= 4 is 11.8 Å². The Kier molecular flexibility index (Phi) is 7.24. The van der Waals surface area contributed by atoms with E-state index in [4.69, 9.17) is 4.74 Å². The predicted molar refractivity (Wildman–Crippen MR) is 105 cm³/mol. The predicted octanol–water partition coefficient (Wildman–Crippen LogP) is 2.15. The first-order valence-electron chi connectivity index (χ1n) is 10.2. The van der Waals surface area contributed by atoms with Crippen LogP contribution in [0.1, 0.15) is 53.3 Å². The van der Waals surface area contributed by atoms with Gasteiger partial charge in [-0.3, -0.25) is 14.5 Å². The molecule has 2 saturated heterocycles. The average Bonchev–Trinajstić information content (AvgIpc) is 2.74. The average molecular weight is 373 g/mol. The third-order valence-corrected chi connectivity index (χ3v) is 5.55. The van der Waals surface area contributed by atoms with E-state index in [2.05, 4.69) is 17.1 Å². The lowest BCUT2D eigenvalue weighted by molar-refractivity contribution is 0.0383. The molecule has 0 saturated carbocycles. The van der Waals surface area contributed by atoms with Gasteiger partial charge >= 0.3 is 0 Å². The number of benzene rings is 1. The Labute approximate surface area is 161 Å². The van der Waals surface area contributed by atoms with Crippen LogP contribution in [0.15, 0.2) is 24.3 Å². The lowest BCUT2D eigenvalue weighted by atomic mass is 9.98. The number of piperidine rings is 1. The first-order chi connectivity index (χ1) is 13.2. The number of rotatable bonds is 6. The minimum atomic E-state index is -0.122. The molecule has 6 nitrogen and oxygen atoms in total. The Bertz CT molecular complexity index is 643. The summed E-state index contributed by atoms with van der Waals surface area (Å²) in [6.07, 6.45) is 4.30. The van der Waals surface area contributed by atoms with Crippen LogP contribution in [-0.4, -0.2) is 73.6 Å². The van der Waals surface area contributed by atoms with E-state index in [1.54, 1.807) is 18.2 Å². The Balaban J connectivity index is 1.57. The first-order valence-corrected chi connectivity index (χ1v) is 10.2. The van der Waals surface area contributed by atoms with Crippen molar-refractivity contribution in [2.24, 2.45) is 0 Å². The fourth-order valence-electron chi connectivity index (χ4n) is 3.91. The van der Waals surface area contributed by atoms with Crippen molar-refractivity contribution in [1.29, 1.82) is 0 Å². The van der Waals surface area contributed by atoms with E-state index in [-0.39, 0.29) is 11.8 Å². The lowest BCUT2D eigenvalue weighted by Crippen LogP contribution is -2.43. The largest absolute Gasteiger partial charge is 0.379 e. The number of likely N-dealkylation sites (tertiary alicyclic amines) is 1. The van der Waals surface area contributed by atoms with Crippen LogP contribution in [0.3, 0.4) is 0 Å². The molecule has 2 aliphatic rings. The van der Waals surface area contributed by atoms with Gasteiger partial charge in [-0.15, -0.1) is 0 Å². The fourth-order valence-corrected chi connectivity index (χ4v) is 3.91. The summed E-state index contributed by atoms with van der Waals surface area (Å²) < 4.78 is 5.33. The number of amides is 2. The van der Waals surface area contributed by atoms with Gasteiger partial charge < -0.3 is 15.0 Å². The third-order valence-electron chi connectivity index (χ3n) is 5.55. The Morgan fingerprint density at radius 1 is 1.15 bits per heavy atom. The fraction of sp³-hybridized carbons (Fsp3) is 0.619. The van der Waals surface area contributed by atoms with Gasteiger partial charge in [0.05, 0.1) is 13.2 Å². The van der Waals surface area contributed by atoms with Crippen LogP contribution in [0, 0.1) is 0 Å². The molecule has 0 aromatic heterocycles. The Hall–Kier alpha value is -1.92. The minimum Gasteiger partial charge on any atom is -0.379 e. The van der Waals surface area contributed by atoms with Crippen LogP contribution in [0.25, 0.3) is 0 Å². The maximum absolute atomic E-state index is 12.9. The second-order valence-corrected chi connectivity index (χ2v) is 7.35. The zero-order valence-electron chi connectivity index (χ0n) is 16.3. The van der Waals surface area contributed by atoms with Crippen molar-refractivity contribution in [1.82, 2.24) is 15.1 Å². The van der Waals surface area contributed by atoms with E-state index in [1.807, 2.05) is 11.0 Å². The molecule has 0 aliphatic carbocycles. The molecule has 148 valence electrons. The standard InChI is InChI=1S/C21H31N3O3/c1-2-19-8-3-4-10-24(19)21(26)18-7-5-6-17(16-18)20(25)22-9-11-23-12-14-27-15-13-23/h5-7,16,19H,2-4,8-15H2,1H3,(H,22,25). The highest BCUT2D eigenvalue weighted by Gasteiger charge is 2.26. The van der Waals surface area contributed by atoms with Gasteiger partial charge in [-0.2, -0.15) is 0 Å². The van der Waals surface area contributed by atoms with Crippen LogP contribution in [0.2, 0.25) is 0 Å². The molecule has 2 heterocycles. The molecule has 2 fully saturated rings. The lowest BCUT2D eigenvalue weighted by Gasteiger charge is -2.35. The molecular formula is C21H31N3O3. The van der Waals surface area contributed by atoms with Crippen LogP contribution in [-0.2, 0) is 4.74 Å². The van der Waals surface area contributed by atoms with Gasteiger partial charge in [-0.05, 0) is 43.9 Å². The summed E-state index contributed by atoms with van der Waals surface area (Å²) in [7, 11) is 0. The van der Waals surface area contributed by atoms with E-state index in [1.165, 1.54) is 6.42 Å². The maximum Gasteiger partial charge on any atom is 0.254 e. The first kappa shape index (κ1) is 19.8. The number of ether oxygens (including phenoxy) is 1. The minimum absolute atomic E-state index is 0.0458. The number of morpholine rings is 1. The summed E-state index contributed by atoms with van der Waals surface area (Å²) in [5, 5.41) is 2.97. The molecule has 3 rings (SSSR count). The highest BCUT2D eigenvalue weighted by Crippen LogP contribution is 2.22. The second-order valence-electron chi connectivity index (χ2n) is 7.35. The monoisotopic (exact) mass is 373 g/mol. The highest BCUT2D eigenvalue weighted by atomic mass is 16.5. The number of hydrogen-bond donors (Lipinski definition) is 1. The quantitative estimate of drug-likeness (QED) is 0.830. The summed E-state index contributed by atoms with van der Waals surface area (Å²) in [4.78, 5) is 29.7. The topological polar surface area (TPSA) is 61.9 Å². The van der Waals surface area contributed by atoms with Crippen LogP contribution in [0.5, 0.6) is 0 Å². The summed E-state index contributed by atoms with van der Waals surface area (Å²) in [5.74, 6) is -0.0758. The summed E-state index contributed by atoms with van der Waals surface area (Å²) >= 11 is 0. The number of carbonyl (C=O) groups excluding carboxylic acids is 2. The van der Waals surface area contributed by atoms with Gasteiger partial charge in [0.15, 0.2) is 0 Å². The van der Waals surface area contributed by atoms with Crippen molar-refractivity contribution in [2.45, 2.75) is 38.6 Å². The van der Waals surface area contributed by atoms with E-state index >= 15 is 0 Å². The third kappa shape index (κ3) is 5.30. The van der Waals surface area contributed by atoms with Gasteiger partial charge in [-0.25, -0.2) is 0 Å². The molecule has 1 N–H and O–H groups in total. The number of hydrogen-bond acceptors (Lipinski definition) is 4. The van der Waals surface area contributed by atoms with Crippen LogP contribution in [0.4, 0.5) is 0 Å². The molecule has 0 bridgehead atoms. The van der Waals surface area contributed by atoms with E-state index in [0.29, 0.717) is 23.7 Å². The van der Waals surface area contributed by atoms with Crippen molar-refractivity contribution in [3.8, 4) is 0 Å². The summed E-state index contributed by atoms with van der Waals surface area (Å²) in [5.41, 5.74) is 1.16. The molecule has 1 aromatic carbocycles. The molecular weight excluding hydrogens is 342 g/mol. The van der Waals surface area contributed by atoms with E-state index in [0.717, 1.165) is 58.7 Å². The molecule has 0 spiro atoms. The summed E-state index contributed by atoms with van der Waals surface area (Å²) in [6.45, 7) is 7.70. The molecule has 1 atom stereocenters. The van der Waals surface area contributed by atoms with Gasteiger partial charge in [0.25, 0.3) is 11.8 Å². The van der Waals surface area contributed by atoms with Crippen molar-refractivity contribution in [3.05, 3.63) is 35.4 Å². The number of carbonyl (C=O) groups is 2. The molecule has 1 unspecified atom stereocenters. The molecule has 6 heteroatoms. The second kappa shape index (κ2) is 9.85. The molecule has 2 amide bonds. The van der Waals surface area contributed by atoms with Gasteiger partial charge in [-0.1, -0.05) is 13.0 Å². The molecule has 27 heavy (non-hydrogen) atoms. The normalized spacial score (nSPS) is 21.1. The molecule has 2 aliphatic heterocycles. The summed E-state index contributed by atoms with van der Waals surface area (Å²) in [6, 6.07) is 7.43.